The Balaban J connectivity index is 1.37. The van der Waals surface area contributed by atoms with Crippen molar-refractivity contribution in [3.8, 4) is 0 Å². The molecule has 1 atom stereocenters. The minimum Gasteiger partial charge on any atom is -0.0696 e. The van der Waals surface area contributed by atoms with Crippen LogP contribution in [0.3, 0.4) is 0 Å². The van der Waals surface area contributed by atoms with Gasteiger partial charge in [-0.25, -0.2) is 0 Å². The molecule has 0 N–H and O–H groups in total. The first-order chi connectivity index (χ1) is 15.8. The third-order valence-electron chi connectivity index (χ3n) is 8.72. The van der Waals surface area contributed by atoms with Crippen LogP contribution in [-0.2, 0) is 6.42 Å². The minimum atomic E-state index is 0.746. The third-order valence-corrected chi connectivity index (χ3v) is 8.72. The average Bonchev–Trinajstić information content (AvgIpc) is 2.83. The Bertz CT molecular complexity index is 743. The zero-order valence-electron chi connectivity index (χ0n) is 20.9. The molecule has 1 unspecified atom stereocenters. The number of aryl methyl sites for hydroxylation is 1. The van der Waals surface area contributed by atoms with E-state index in [1.165, 1.54) is 121 Å². The van der Waals surface area contributed by atoms with E-state index in [4.69, 9.17) is 0 Å². The molecule has 1 aromatic rings. The molecule has 2 saturated carbocycles. The van der Waals surface area contributed by atoms with Gasteiger partial charge in [0.2, 0.25) is 0 Å². The van der Waals surface area contributed by atoms with E-state index >= 15 is 0 Å². The molecule has 0 saturated heterocycles. The molecule has 0 heteroatoms. The molecular weight excluding hydrogens is 384 g/mol. The molecule has 4 rings (SSSR count). The van der Waals surface area contributed by atoms with Crippen molar-refractivity contribution in [3.63, 3.8) is 0 Å². The molecular formula is C32H48. The molecule has 0 spiro atoms. The lowest BCUT2D eigenvalue weighted by molar-refractivity contribution is 0.274. The third kappa shape index (κ3) is 7.36. The van der Waals surface area contributed by atoms with Gasteiger partial charge in [-0.05, 0) is 73.0 Å². The predicted molar refractivity (Wildman–Crippen MR) is 141 cm³/mol. The second kappa shape index (κ2) is 12.8. The molecule has 0 aliphatic heterocycles. The van der Waals surface area contributed by atoms with E-state index in [1.807, 2.05) is 0 Å². The summed E-state index contributed by atoms with van der Waals surface area (Å²) >= 11 is 0. The molecule has 32 heavy (non-hydrogen) atoms. The van der Waals surface area contributed by atoms with Gasteiger partial charge in [0.15, 0.2) is 0 Å². The quantitative estimate of drug-likeness (QED) is 0.434. The second-order valence-corrected chi connectivity index (χ2v) is 11.4. The lowest BCUT2D eigenvalue weighted by atomic mass is 9.79. The summed E-state index contributed by atoms with van der Waals surface area (Å²) in [4.78, 5) is 0. The number of hydrogen-bond donors (Lipinski definition) is 0. The summed E-state index contributed by atoms with van der Waals surface area (Å²) in [5, 5.41) is 0. The van der Waals surface area contributed by atoms with Crippen LogP contribution in [0.5, 0.6) is 0 Å². The zero-order chi connectivity index (χ0) is 22.0. The molecule has 0 aromatic heterocycles. The number of fused-ring (bicyclic) bond motifs is 2. The van der Waals surface area contributed by atoms with Gasteiger partial charge >= 0.3 is 0 Å². The lowest BCUT2D eigenvalue weighted by Crippen LogP contribution is -2.12. The highest BCUT2D eigenvalue weighted by molar-refractivity contribution is 5.71. The van der Waals surface area contributed by atoms with E-state index in [0.717, 1.165) is 17.8 Å². The van der Waals surface area contributed by atoms with Gasteiger partial charge in [-0.1, -0.05) is 126 Å². The van der Waals surface area contributed by atoms with Crippen LogP contribution >= 0.6 is 0 Å². The minimum absolute atomic E-state index is 0.746. The van der Waals surface area contributed by atoms with Crippen LogP contribution in [0.4, 0.5) is 0 Å². The Morgan fingerprint density at radius 2 is 1.53 bits per heavy atom. The Hall–Kier alpha value is -1.30. The Morgan fingerprint density at radius 3 is 2.34 bits per heavy atom. The van der Waals surface area contributed by atoms with Crippen molar-refractivity contribution >= 4 is 5.57 Å². The first kappa shape index (κ1) is 23.8. The maximum atomic E-state index is 2.54. The van der Waals surface area contributed by atoms with Crippen LogP contribution < -0.4 is 0 Å². The number of rotatable bonds is 5. The van der Waals surface area contributed by atoms with Crippen molar-refractivity contribution < 1.29 is 0 Å². The van der Waals surface area contributed by atoms with E-state index in [9.17, 15) is 0 Å². The fourth-order valence-corrected chi connectivity index (χ4v) is 6.54. The topological polar surface area (TPSA) is 0 Å². The van der Waals surface area contributed by atoms with Gasteiger partial charge in [0.1, 0.15) is 0 Å². The predicted octanol–water partition coefficient (Wildman–Crippen LogP) is 10.1. The van der Waals surface area contributed by atoms with Crippen molar-refractivity contribution in [3.05, 3.63) is 53.1 Å². The van der Waals surface area contributed by atoms with Gasteiger partial charge in [0.05, 0.1) is 0 Å². The molecule has 0 heterocycles. The maximum Gasteiger partial charge on any atom is -0.0119 e. The lowest BCUT2D eigenvalue weighted by Gasteiger charge is -2.26. The fraction of sp³-hybridized carbons (Fsp3) is 0.688. The Morgan fingerprint density at radius 1 is 0.781 bits per heavy atom. The monoisotopic (exact) mass is 432 g/mol. The first-order valence-corrected chi connectivity index (χ1v) is 14.3. The van der Waals surface area contributed by atoms with Gasteiger partial charge in [-0.15, -0.1) is 0 Å². The van der Waals surface area contributed by atoms with E-state index in [2.05, 4.69) is 43.3 Å². The number of benzene rings is 1. The highest BCUT2D eigenvalue weighted by Crippen LogP contribution is 2.38. The molecule has 1 aromatic carbocycles. The summed E-state index contributed by atoms with van der Waals surface area (Å²) < 4.78 is 0. The highest BCUT2D eigenvalue weighted by Gasteiger charge is 2.21. The first-order valence-electron chi connectivity index (χ1n) is 14.3. The van der Waals surface area contributed by atoms with Gasteiger partial charge in [0, 0.05) is 0 Å². The van der Waals surface area contributed by atoms with Crippen LogP contribution in [0.25, 0.3) is 5.57 Å². The number of hydrogen-bond acceptors (Lipinski definition) is 0. The van der Waals surface area contributed by atoms with Crippen LogP contribution in [-0.4, -0.2) is 0 Å². The summed E-state index contributed by atoms with van der Waals surface area (Å²) in [7, 11) is 0. The molecule has 3 aliphatic rings. The number of allylic oxidation sites excluding steroid dienone is 4. The average molecular weight is 433 g/mol. The summed E-state index contributed by atoms with van der Waals surface area (Å²) in [6, 6.07) is 9.63. The van der Waals surface area contributed by atoms with Crippen molar-refractivity contribution in [2.75, 3.05) is 0 Å². The summed E-state index contributed by atoms with van der Waals surface area (Å²) in [6.45, 7) is 2.43. The van der Waals surface area contributed by atoms with Crippen LogP contribution in [0, 0.1) is 17.8 Å². The van der Waals surface area contributed by atoms with E-state index in [-0.39, 0.29) is 0 Å². The molecule has 3 aliphatic carbocycles. The standard InChI is InChI=1S/C32H48/c1-26-18-20-27(21-19-26)13-10-14-28-15-11-17-31(24-28)32-23-22-29-12-8-6-4-2-3-5-7-9-16-30(32)25-29/h11,15,17,22-24,26-27,30H,2-10,12-14,16,18-21,25H2,1H3. The molecule has 2 fully saturated rings. The largest absolute Gasteiger partial charge is 0.0696 e. The SMILES string of the molecule is CC1CCC(CCCc2cccc(C3=CC=C4CCCCCCCCCCC3C4)c2)CC1. The molecule has 176 valence electrons. The van der Waals surface area contributed by atoms with Crippen molar-refractivity contribution in [2.24, 2.45) is 17.8 Å². The van der Waals surface area contributed by atoms with Crippen molar-refractivity contribution in [2.45, 2.75) is 122 Å². The van der Waals surface area contributed by atoms with Gasteiger partial charge in [0.25, 0.3) is 0 Å². The van der Waals surface area contributed by atoms with Crippen LogP contribution in [0.2, 0.25) is 0 Å². The Kier molecular flexibility index (Phi) is 9.55. The normalized spacial score (nSPS) is 28.0. The zero-order valence-corrected chi connectivity index (χ0v) is 20.9. The summed E-state index contributed by atoms with van der Waals surface area (Å²) in [5.74, 6) is 2.72. The van der Waals surface area contributed by atoms with E-state index < -0.39 is 0 Å². The summed E-state index contributed by atoms with van der Waals surface area (Å²) in [6.07, 6.45) is 30.5. The fourth-order valence-electron chi connectivity index (χ4n) is 6.54. The molecule has 0 amide bonds. The van der Waals surface area contributed by atoms with Crippen molar-refractivity contribution in [1.29, 1.82) is 0 Å². The Labute approximate surface area is 199 Å². The summed E-state index contributed by atoms with van der Waals surface area (Å²) in [5.41, 5.74) is 6.42. The molecule has 0 nitrogen and oxygen atoms in total. The van der Waals surface area contributed by atoms with E-state index in [0.29, 0.717) is 0 Å². The molecule has 0 radical (unpaired) electrons. The van der Waals surface area contributed by atoms with E-state index in [1.54, 1.807) is 16.7 Å². The smallest absolute Gasteiger partial charge is 0.0119 e. The van der Waals surface area contributed by atoms with Crippen LogP contribution in [0.15, 0.2) is 42.0 Å². The molecule has 2 bridgehead atoms. The van der Waals surface area contributed by atoms with Crippen molar-refractivity contribution in [1.82, 2.24) is 0 Å². The van der Waals surface area contributed by atoms with Crippen LogP contribution in [0.1, 0.15) is 127 Å². The van der Waals surface area contributed by atoms with Gasteiger partial charge < -0.3 is 0 Å². The highest BCUT2D eigenvalue weighted by atomic mass is 14.3. The maximum absolute atomic E-state index is 2.54. The van der Waals surface area contributed by atoms with Gasteiger partial charge in [-0.2, -0.15) is 0 Å². The second-order valence-electron chi connectivity index (χ2n) is 11.4. The van der Waals surface area contributed by atoms with Gasteiger partial charge in [-0.3, -0.25) is 0 Å².